The lowest BCUT2D eigenvalue weighted by Crippen LogP contribution is -2.04. The van der Waals surface area contributed by atoms with Gasteiger partial charge in [-0.3, -0.25) is 0 Å². The van der Waals surface area contributed by atoms with E-state index >= 15 is 0 Å². The molecule has 0 bridgehead atoms. The van der Waals surface area contributed by atoms with E-state index in [1.54, 1.807) is 12.3 Å². The van der Waals surface area contributed by atoms with Gasteiger partial charge >= 0.3 is 0 Å². The van der Waals surface area contributed by atoms with Crippen molar-refractivity contribution in [3.8, 4) is 5.75 Å². The quantitative estimate of drug-likeness (QED) is 0.933. The summed E-state index contributed by atoms with van der Waals surface area (Å²) in [6.45, 7) is 4.31. The molecule has 0 amide bonds. The highest BCUT2D eigenvalue weighted by molar-refractivity contribution is 9.10. The molecule has 1 aromatic heterocycles. The number of furan rings is 1. The predicted octanol–water partition coefficient (Wildman–Crippen LogP) is 3.83. The van der Waals surface area contributed by atoms with Gasteiger partial charge in [-0.25, -0.2) is 0 Å². The zero-order valence-electron chi connectivity index (χ0n) is 10.3. The van der Waals surface area contributed by atoms with Crippen LogP contribution in [0.3, 0.4) is 0 Å². The molecule has 4 heteroatoms. The molecule has 1 aromatic carbocycles. The number of rotatable bonds is 4. The highest BCUT2D eigenvalue weighted by Crippen LogP contribution is 2.34. The molecule has 0 radical (unpaired) electrons. The van der Waals surface area contributed by atoms with Crippen LogP contribution in [-0.4, -0.2) is 11.7 Å². The maximum Gasteiger partial charge on any atom is 0.125 e. The van der Waals surface area contributed by atoms with Gasteiger partial charge in [0, 0.05) is 15.6 Å². The number of halogens is 1. The highest BCUT2D eigenvalue weighted by atomic mass is 79.9. The molecule has 0 aliphatic rings. The lowest BCUT2D eigenvalue weighted by Gasteiger charge is -2.15. The van der Waals surface area contributed by atoms with Crippen LogP contribution in [0.25, 0.3) is 0 Å². The third-order valence-electron chi connectivity index (χ3n) is 2.76. The van der Waals surface area contributed by atoms with Crippen LogP contribution in [0.5, 0.6) is 5.75 Å². The smallest absolute Gasteiger partial charge is 0.125 e. The van der Waals surface area contributed by atoms with Crippen LogP contribution in [0.4, 0.5) is 0 Å². The van der Waals surface area contributed by atoms with Gasteiger partial charge in [-0.05, 0) is 38.1 Å². The molecule has 2 aromatic rings. The fourth-order valence-corrected chi connectivity index (χ4v) is 2.24. The molecule has 1 unspecified atom stereocenters. The first-order valence-electron chi connectivity index (χ1n) is 5.77. The number of hydrogen-bond donors (Lipinski definition) is 1. The fourth-order valence-electron chi connectivity index (χ4n) is 1.87. The molecule has 18 heavy (non-hydrogen) atoms. The van der Waals surface area contributed by atoms with E-state index in [0.717, 1.165) is 15.6 Å². The summed E-state index contributed by atoms with van der Waals surface area (Å²) < 4.78 is 11.7. The Hall–Kier alpha value is -1.26. The maximum absolute atomic E-state index is 10.4. The Balaban J connectivity index is 2.43. The summed E-state index contributed by atoms with van der Waals surface area (Å²) in [7, 11) is 0. The molecule has 0 fully saturated rings. The fraction of sp³-hybridized carbons (Fsp3) is 0.286. The summed E-state index contributed by atoms with van der Waals surface area (Å²) in [5.41, 5.74) is 1.49. The molecule has 3 nitrogen and oxygen atoms in total. The van der Waals surface area contributed by atoms with Crippen LogP contribution in [-0.2, 0) is 0 Å². The summed E-state index contributed by atoms with van der Waals surface area (Å²) in [4.78, 5) is 0. The molecule has 0 aliphatic carbocycles. The standard InChI is InChI=1S/C14H15BrO3/c1-3-17-13-5-4-10(15)8-12(13)14(16)11-6-7-18-9(11)2/h4-8,14,16H,3H2,1-2H3. The largest absolute Gasteiger partial charge is 0.493 e. The summed E-state index contributed by atoms with van der Waals surface area (Å²) in [6.07, 6.45) is 0.828. The molecule has 0 saturated heterocycles. The molecule has 0 aliphatic heterocycles. The van der Waals surface area contributed by atoms with Crippen molar-refractivity contribution in [1.82, 2.24) is 0 Å². The lowest BCUT2D eigenvalue weighted by molar-refractivity contribution is 0.209. The van der Waals surface area contributed by atoms with Crippen LogP contribution in [0.2, 0.25) is 0 Å². The van der Waals surface area contributed by atoms with E-state index in [-0.39, 0.29) is 0 Å². The van der Waals surface area contributed by atoms with Gasteiger partial charge in [0.25, 0.3) is 0 Å². The molecule has 1 N–H and O–H groups in total. The van der Waals surface area contributed by atoms with Crippen molar-refractivity contribution < 1.29 is 14.3 Å². The minimum Gasteiger partial charge on any atom is -0.493 e. The normalized spacial score (nSPS) is 12.4. The minimum absolute atomic E-state index is 0.561. The zero-order chi connectivity index (χ0) is 13.1. The van der Waals surface area contributed by atoms with Crippen molar-refractivity contribution in [3.05, 3.63) is 51.9 Å². The predicted molar refractivity (Wildman–Crippen MR) is 72.8 cm³/mol. The van der Waals surface area contributed by atoms with E-state index in [2.05, 4.69) is 15.9 Å². The van der Waals surface area contributed by atoms with E-state index in [1.165, 1.54) is 0 Å². The van der Waals surface area contributed by atoms with E-state index in [0.29, 0.717) is 18.1 Å². The summed E-state index contributed by atoms with van der Waals surface area (Å²) in [6, 6.07) is 7.38. The summed E-state index contributed by atoms with van der Waals surface area (Å²) >= 11 is 3.41. The molecule has 96 valence electrons. The Labute approximate surface area is 115 Å². The van der Waals surface area contributed by atoms with Crippen LogP contribution in [0.1, 0.15) is 29.9 Å². The maximum atomic E-state index is 10.4. The van der Waals surface area contributed by atoms with Gasteiger partial charge in [-0.1, -0.05) is 15.9 Å². The minimum atomic E-state index is -0.747. The first-order valence-corrected chi connectivity index (χ1v) is 6.57. The van der Waals surface area contributed by atoms with Crippen molar-refractivity contribution in [1.29, 1.82) is 0 Å². The van der Waals surface area contributed by atoms with Gasteiger partial charge in [-0.2, -0.15) is 0 Å². The molecular formula is C14H15BrO3. The van der Waals surface area contributed by atoms with Crippen LogP contribution in [0, 0.1) is 6.92 Å². The Kier molecular flexibility index (Phi) is 4.09. The number of ether oxygens (including phenoxy) is 1. The van der Waals surface area contributed by atoms with E-state index in [4.69, 9.17) is 9.15 Å². The summed E-state index contributed by atoms with van der Waals surface area (Å²) in [5, 5.41) is 10.4. The molecular weight excluding hydrogens is 296 g/mol. The topological polar surface area (TPSA) is 42.6 Å². The van der Waals surface area contributed by atoms with Crippen LogP contribution >= 0.6 is 15.9 Å². The highest BCUT2D eigenvalue weighted by Gasteiger charge is 2.19. The second-order valence-electron chi connectivity index (χ2n) is 3.95. The Morgan fingerprint density at radius 2 is 2.11 bits per heavy atom. The van der Waals surface area contributed by atoms with E-state index < -0.39 is 6.10 Å². The first-order chi connectivity index (χ1) is 8.63. The number of benzene rings is 1. The van der Waals surface area contributed by atoms with Gasteiger partial charge in [0.15, 0.2) is 0 Å². The molecule has 2 rings (SSSR count). The van der Waals surface area contributed by atoms with Crippen molar-refractivity contribution in [3.63, 3.8) is 0 Å². The van der Waals surface area contributed by atoms with Gasteiger partial charge in [-0.15, -0.1) is 0 Å². The second kappa shape index (κ2) is 5.59. The second-order valence-corrected chi connectivity index (χ2v) is 4.87. The summed E-state index contributed by atoms with van der Waals surface area (Å²) in [5.74, 6) is 1.40. The molecule has 0 saturated carbocycles. The van der Waals surface area contributed by atoms with Crippen molar-refractivity contribution in [2.45, 2.75) is 20.0 Å². The van der Waals surface area contributed by atoms with Gasteiger partial charge in [0.2, 0.25) is 0 Å². The lowest BCUT2D eigenvalue weighted by atomic mass is 10.0. The van der Waals surface area contributed by atoms with Crippen molar-refractivity contribution in [2.75, 3.05) is 6.61 Å². The third kappa shape index (κ3) is 2.60. The molecule has 0 spiro atoms. The number of aryl methyl sites for hydroxylation is 1. The van der Waals surface area contributed by atoms with E-state index in [1.807, 2.05) is 32.0 Å². The average molecular weight is 311 g/mol. The van der Waals surface area contributed by atoms with Crippen LogP contribution in [0.15, 0.2) is 39.4 Å². The molecule has 1 heterocycles. The van der Waals surface area contributed by atoms with Crippen LogP contribution < -0.4 is 4.74 Å². The SMILES string of the molecule is CCOc1ccc(Br)cc1C(O)c1ccoc1C. The number of aliphatic hydroxyl groups excluding tert-OH is 1. The number of aliphatic hydroxyl groups is 1. The first kappa shape index (κ1) is 13.2. The van der Waals surface area contributed by atoms with Crippen molar-refractivity contribution in [2.24, 2.45) is 0 Å². The molecule has 1 atom stereocenters. The Morgan fingerprint density at radius 1 is 1.33 bits per heavy atom. The average Bonchev–Trinajstić information content (AvgIpc) is 2.77. The zero-order valence-corrected chi connectivity index (χ0v) is 11.9. The monoisotopic (exact) mass is 310 g/mol. The van der Waals surface area contributed by atoms with Gasteiger partial charge in [0.05, 0.1) is 12.9 Å². The van der Waals surface area contributed by atoms with Gasteiger partial charge < -0.3 is 14.3 Å². The Bertz CT molecular complexity index is 534. The number of hydrogen-bond acceptors (Lipinski definition) is 3. The van der Waals surface area contributed by atoms with Crippen molar-refractivity contribution >= 4 is 15.9 Å². The van der Waals surface area contributed by atoms with E-state index in [9.17, 15) is 5.11 Å². The Morgan fingerprint density at radius 3 is 2.72 bits per heavy atom. The van der Waals surface area contributed by atoms with Gasteiger partial charge in [0.1, 0.15) is 17.6 Å². The third-order valence-corrected chi connectivity index (χ3v) is 3.25.